The second-order valence-corrected chi connectivity index (χ2v) is 6.63. The Labute approximate surface area is 166 Å². The van der Waals surface area contributed by atoms with Gasteiger partial charge in [0.05, 0.1) is 22.6 Å². The van der Waals surface area contributed by atoms with Crippen molar-refractivity contribution in [3.63, 3.8) is 0 Å². The molecule has 2 aromatic heterocycles. The molecule has 7 nitrogen and oxygen atoms in total. The monoisotopic (exact) mass is 390 g/mol. The Balaban J connectivity index is 2.11. The van der Waals surface area contributed by atoms with E-state index in [0.717, 1.165) is 5.56 Å². The lowest BCUT2D eigenvalue weighted by Crippen LogP contribution is -2.55. The van der Waals surface area contributed by atoms with Gasteiger partial charge >= 0.3 is 5.88 Å². The van der Waals surface area contributed by atoms with Crippen LogP contribution >= 0.6 is 11.8 Å². The van der Waals surface area contributed by atoms with Gasteiger partial charge in [-0.3, -0.25) is 0 Å². The largest absolute Gasteiger partial charge is 0.418 e. The van der Waals surface area contributed by atoms with Crippen molar-refractivity contribution in [1.29, 1.82) is 10.5 Å². The van der Waals surface area contributed by atoms with Gasteiger partial charge in [0.15, 0.2) is 0 Å². The average Bonchev–Trinajstić information content (AvgIpc) is 3.20. The predicted octanol–water partition coefficient (Wildman–Crippen LogP) is 3.29. The molecule has 3 aromatic rings. The Morgan fingerprint density at radius 2 is 1.89 bits per heavy atom. The number of hydrogen-bond acceptors (Lipinski definition) is 7. The third-order valence-electron chi connectivity index (χ3n) is 3.91. The number of hydrogen-bond donors (Lipinski definition) is 2. The molecule has 0 atom stereocenters. The van der Waals surface area contributed by atoms with Crippen LogP contribution in [-0.2, 0) is 5.75 Å². The van der Waals surface area contributed by atoms with Gasteiger partial charge in [0, 0.05) is 17.0 Å². The Bertz CT molecular complexity index is 1080. The molecule has 0 unspecified atom stereocenters. The smallest absolute Gasteiger partial charge is 0.406 e. The van der Waals surface area contributed by atoms with Crippen LogP contribution in [0.3, 0.4) is 0 Å². The first-order valence-corrected chi connectivity index (χ1v) is 9.47. The Morgan fingerprint density at radius 1 is 1.14 bits per heavy atom. The number of thioether (sulfide) groups is 1. The van der Waals surface area contributed by atoms with Crippen LogP contribution in [0.4, 0.5) is 11.7 Å². The van der Waals surface area contributed by atoms with Gasteiger partial charge in [0.2, 0.25) is 0 Å². The maximum absolute atomic E-state index is 10.7. The number of anilines is 1. The number of nitroso groups, excluding NO2 is 1. The summed E-state index contributed by atoms with van der Waals surface area (Å²) in [7, 11) is 0. The average molecular weight is 390 g/mol. The Kier molecular flexibility index (Phi) is 6.05. The number of rotatable bonds is 7. The number of aromatic nitrogens is 1. The number of furan rings is 1. The predicted molar refractivity (Wildman–Crippen MR) is 106 cm³/mol. The van der Waals surface area contributed by atoms with Crippen LogP contribution < -0.4 is 10.5 Å². The van der Waals surface area contributed by atoms with Gasteiger partial charge in [-0.2, -0.15) is 10.5 Å². The highest BCUT2D eigenvalue weighted by Gasteiger charge is 2.22. The van der Waals surface area contributed by atoms with E-state index in [0.29, 0.717) is 45.6 Å². The maximum Gasteiger partial charge on any atom is 0.418 e. The van der Waals surface area contributed by atoms with Crippen molar-refractivity contribution < 1.29 is 9.59 Å². The molecule has 0 bridgehead atoms. The molecule has 3 rings (SSSR count). The van der Waals surface area contributed by atoms with Crippen LogP contribution in [0.25, 0.3) is 11.1 Å². The second kappa shape index (κ2) is 8.85. The standard InChI is InChI=1S/C20H15N5O2S/c1-2-23-19-15(10-21)18(13-6-4-3-5-7-13)16(11-22)20(24-19)28-12-14-8-9-17(25-26)27-14/h3-9H,2,12H2,1H3,(H,23,24)/p+1. The number of pyridine rings is 1. The Morgan fingerprint density at radius 3 is 2.50 bits per heavy atom. The molecule has 0 saturated heterocycles. The van der Waals surface area contributed by atoms with E-state index in [1.54, 1.807) is 17.3 Å². The highest BCUT2D eigenvalue weighted by Crippen LogP contribution is 2.37. The molecule has 0 spiro atoms. The fourth-order valence-corrected chi connectivity index (χ4v) is 3.60. The lowest BCUT2D eigenvalue weighted by atomic mass is 9.97. The van der Waals surface area contributed by atoms with Crippen LogP contribution in [0, 0.1) is 27.6 Å². The third-order valence-corrected chi connectivity index (χ3v) is 4.91. The lowest BCUT2D eigenvalue weighted by molar-refractivity contribution is -0.398. The summed E-state index contributed by atoms with van der Waals surface area (Å²) in [5, 5.41) is 24.9. The van der Waals surface area contributed by atoms with Crippen molar-refractivity contribution >= 4 is 23.5 Å². The quantitative estimate of drug-likeness (QED) is 0.595. The van der Waals surface area contributed by atoms with Crippen molar-refractivity contribution in [1.82, 2.24) is 4.98 Å². The number of nitrogens with zero attached hydrogens (tertiary/aromatic N) is 3. The second-order valence-electron chi connectivity index (χ2n) is 5.67. The van der Waals surface area contributed by atoms with Gasteiger partial charge in [0.1, 0.15) is 34.3 Å². The van der Waals surface area contributed by atoms with Gasteiger partial charge in [-0.25, -0.2) is 4.98 Å². The molecular weight excluding hydrogens is 374 g/mol. The fraction of sp³-hybridized carbons (Fsp3) is 0.150. The van der Waals surface area contributed by atoms with Crippen molar-refractivity contribution in [3.05, 3.63) is 64.3 Å². The van der Waals surface area contributed by atoms with E-state index < -0.39 is 0 Å². The van der Waals surface area contributed by atoms with Crippen molar-refractivity contribution in [3.8, 4) is 23.3 Å². The summed E-state index contributed by atoms with van der Waals surface area (Å²) in [5.41, 5.74) is 2.00. The van der Waals surface area contributed by atoms with Crippen molar-refractivity contribution in [2.24, 2.45) is 0 Å². The molecule has 0 amide bonds. The zero-order valence-corrected chi connectivity index (χ0v) is 15.8. The molecule has 0 radical (unpaired) electrons. The highest BCUT2D eigenvalue weighted by atomic mass is 32.2. The summed E-state index contributed by atoms with van der Waals surface area (Å²) in [6.45, 7) is 2.50. The van der Waals surface area contributed by atoms with E-state index in [1.807, 2.05) is 37.3 Å². The minimum Gasteiger partial charge on any atom is -0.406 e. The molecule has 0 aliphatic carbocycles. The number of benzene rings is 1. The van der Waals surface area contributed by atoms with Gasteiger partial charge in [-0.1, -0.05) is 42.1 Å². The van der Waals surface area contributed by atoms with Crippen LogP contribution in [0.1, 0.15) is 23.8 Å². The lowest BCUT2D eigenvalue weighted by Gasteiger charge is -2.15. The van der Waals surface area contributed by atoms with Crippen LogP contribution in [0.2, 0.25) is 0 Å². The number of nitriles is 2. The third kappa shape index (κ3) is 3.88. The Hall–Kier alpha value is -3.62. The zero-order valence-electron chi connectivity index (χ0n) is 15.0. The van der Waals surface area contributed by atoms with E-state index in [1.165, 1.54) is 11.8 Å². The molecule has 28 heavy (non-hydrogen) atoms. The van der Waals surface area contributed by atoms with E-state index in [-0.39, 0.29) is 5.88 Å². The topological polar surface area (TPSA) is 117 Å². The SMILES string of the molecule is CCNc1nc(SCc2ccc([NH+]=O)o2)c(C#N)c(-c2ccccc2)c1C#N. The molecule has 0 aliphatic heterocycles. The number of nitrogens with one attached hydrogen (secondary N) is 2. The molecule has 0 fully saturated rings. The molecule has 0 saturated carbocycles. The molecule has 0 aliphatic rings. The van der Waals surface area contributed by atoms with Crippen LogP contribution in [0.5, 0.6) is 0 Å². The minimum absolute atomic E-state index is 0.127. The van der Waals surface area contributed by atoms with Crippen LogP contribution in [-0.4, -0.2) is 11.5 Å². The summed E-state index contributed by atoms with van der Waals surface area (Å²) in [6, 6.07) is 16.9. The van der Waals surface area contributed by atoms with Crippen LogP contribution in [0.15, 0.2) is 51.9 Å². The van der Waals surface area contributed by atoms with E-state index in [2.05, 4.69) is 22.4 Å². The summed E-state index contributed by atoms with van der Waals surface area (Å²) in [4.78, 5) is 15.2. The van der Waals surface area contributed by atoms with E-state index in [4.69, 9.17) is 4.42 Å². The van der Waals surface area contributed by atoms with Gasteiger partial charge < -0.3 is 9.73 Å². The summed E-state index contributed by atoms with van der Waals surface area (Å²) < 4.78 is 5.34. The molecule has 1 aromatic carbocycles. The van der Waals surface area contributed by atoms with Gasteiger partial charge in [0.25, 0.3) is 0 Å². The molecule has 2 heterocycles. The van der Waals surface area contributed by atoms with Crippen molar-refractivity contribution in [2.45, 2.75) is 17.7 Å². The fourth-order valence-electron chi connectivity index (χ4n) is 2.72. The summed E-state index contributed by atoms with van der Waals surface area (Å²) in [6.07, 6.45) is 0. The normalized spacial score (nSPS) is 10.1. The van der Waals surface area contributed by atoms with Gasteiger partial charge in [-0.15, -0.1) is 0 Å². The molecular formula is C20H16N5O2S+. The molecule has 2 N–H and O–H groups in total. The summed E-state index contributed by atoms with van der Waals surface area (Å²) >= 11 is 1.31. The zero-order chi connectivity index (χ0) is 19.9. The minimum atomic E-state index is 0.127. The summed E-state index contributed by atoms with van der Waals surface area (Å²) in [5.74, 6) is 1.52. The molecule has 138 valence electrons. The van der Waals surface area contributed by atoms with Gasteiger partial charge in [-0.05, 0) is 18.6 Å². The first-order valence-electron chi connectivity index (χ1n) is 8.49. The van der Waals surface area contributed by atoms with Crippen molar-refractivity contribution in [2.75, 3.05) is 11.9 Å². The highest BCUT2D eigenvalue weighted by molar-refractivity contribution is 7.98. The maximum atomic E-state index is 10.7. The first kappa shape index (κ1) is 19.2. The van der Waals surface area contributed by atoms with E-state index >= 15 is 0 Å². The first-order chi connectivity index (χ1) is 13.7. The molecule has 8 heteroatoms. The van der Waals surface area contributed by atoms with E-state index in [9.17, 15) is 15.4 Å².